The maximum atomic E-state index is 5.48. The third-order valence-electron chi connectivity index (χ3n) is 3.33. The van der Waals surface area contributed by atoms with Crippen molar-refractivity contribution in [2.24, 2.45) is 0 Å². The molecule has 1 aromatic rings. The first-order valence-corrected chi connectivity index (χ1v) is 6.63. The van der Waals surface area contributed by atoms with E-state index in [4.69, 9.17) is 4.74 Å². The lowest BCUT2D eigenvalue weighted by Gasteiger charge is -2.21. The van der Waals surface area contributed by atoms with Crippen molar-refractivity contribution in [2.45, 2.75) is 32.2 Å². The van der Waals surface area contributed by atoms with Gasteiger partial charge in [-0.2, -0.15) is 0 Å². The van der Waals surface area contributed by atoms with Gasteiger partial charge < -0.3 is 15.4 Å². The Morgan fingerprint density at radius 2 is 1.94 bits per heavy atom. The Hall–Kier alpha value is -1.06. The summed E-state index contributed by atoms with van der Waals surface area (Å²) in [5, 5.41) is 6.57. The van der Waals surface area contributed by atoms with Gasteiger partial charge in [-0.15, -0.1) is 0 Å². The van der Waals surface area contributed by atoms with Gasteiger partial charge in [-0.1, -0.05) is 26.0 Å². The van der Waals surface area contributed by atoms with Crippen LogP contribution in [-0.2, 0) is 0 Å². The molecule has 0 spiro atoms. The highest BCUT2D eigenvalue weighted by Crippen LogP contribution is 2.30. The van der Waals surface area contributed by atoms with Crippen LogP contribution in [0.25, 0.3) is 0 Å². The van der Waals surface area contributed by atoms with Crippen LogP contribution in [0, 0.1) is 0 Å². The predicted molar refractivity (Wildman–Crippen MR) is 77.4 cm³/mol. The van der Waals surface area contributed by atoms with Crippen LogP contribution < -0.4 is 15.4 Å². The summed E-state index contributed by atoms with van der Waals surface area (Å²) >= 11 is 0. The largest absolute Gasteiger partial charge is 0.496 e. The Bertz CT molecular complexity index is 364. The second-order valence-corrected chi connectivity index (χ2v) is 4.89. The molecule has 1 rings (SSSR count). The SMILES string of the molecule is CNCCC(NC)c1cc(C(C)C)ccc1OC. The molecule has 0 aromatic heterocycles. The minimum absolute atomic E-state index is 0.325. The number of methoxy groups -OCH3 is 1. The van der Waals surface area contributed by atoms with Gasteiger partial charge in [-0.05, 0) is 44.6 Å². The van der Waals surface area contributed by atoms with E-state index in [-0.39, 0.29) is 0 Å². The van der Waals surface area contributed by atoms with Crippen molar-refractivity contribution in [3.63, 3.8) is 0 Å². The Balaban J connectivity index is 3.04. The number of rotatable bonds is 7. The fourth-order valence-corrected chi connectivity index (χ4v) is 2.13. The molecule has 0 heterocycles. The summed E-state index contributed by atoms with van der Waals surface area (Å²) in [4.78, 5) is 0. The van der Waals surface area contributed by atoms with Gasteiger partial charge in [0.15, 0.2) is 0 Å². The van der Waals surface area contributed by atoms with Crippen molar-refractivity contribution in [1.29, 1.82) is 0 Å². The highest BCUT2D eigenvalue weighted by molar-refractivity contribution is 5.40. The standard InChI is InChI=1S/C15H26N2O/c1-11(2)12-6-7-15(18-5)13(10-12)14(17-4)8-9-16-3/h6-7,10-11,14,16-17H,8-9H2,1-5H3. The maximum Gasteiger partial charge on any atom is 0.123 e. The van der Waals surface area contributed by atoms with Gasteiger partial charge >= 0.3 is 0 Å². The molecule has 0 saturated carbocycles. The van der Waals surface area contributed by atoms with E-state index in [0.717, 1.165) is 18.7 Å². The lowest BCUT2D eigenvalue weighted by molar-refractivity contribution is 0.398. The Morgan fingerprint density at radius 3 is 2.44 bits per heavy atom. The fourth-order valence-electron chi connectivity index (χ4n) is 2.13. The topological polar surface area (TPSA) is 33.3 Å². The molecule has 0 fully saturated rings. The van der Waals surface area contributed by atoms with Crippen LogP contribution in [0.2, 0.25) is 0 Å². The van der Waals surface area contributed by atoms with Gasteiger partial charge in [0.1, 0.15) is 5.75 Å². The lowest BCUT2D eigenvalue weighted by Crippen LogP contribution is -2.22. The normalized spacial score (nSPS) is 12.8. The zero-order valence-corrected chi connectivity index (χ0v) is 12.2. The number of benzene rings is 1. The van der Waals surface area contributed by atoms with Crippen LogP contribution in [-0.4, -0.2) is 27.7 Å². The molecule has 0 aliphatic carbocycles. The van der Waals surface area contributed by atoms with E-state index in [1.54, 1.807) is 7.11 Å². The number of nitrogens with one attached hydrogen (secondary N) is 2. The first kappa shape index (κ1) is 15.0. The molecule has 2 N–H and O–H groups in total. The van der Waals surface area contributed by atoms with E-state index >= 15 is 0 Å². The molecule has 0 amide bonds. The van der Waals surface area contributed by atoms with Gasteiger partial charge in [0, 0.05) is 11.6 Å². The summed E-state index contributed by atoms with van der Waals surface area (Å²) < 4.78 is 5.48. The average molecular weight is 250 g/mol. The highest BCUT2D eigenvalue weighted by atomic mass is 16.5. The van der Waals surface area contributed by atoms with Crippen LogP contribution in [0.1, 0.15) is 43.4 Å². The Morgan fingerprint density at radius 1 is 1.22 bits per heavy atom. The minimum Gasteiger partial charge on any atom is -0.496 e. The summed E-state index contributed by atoms with van der Waals surface area (Å²) in [6.45, 7) is 5.42. The van der Waals surface area contributed by atoms with Crippen LogP contribution in [0.5, 0.6) is 5.75 Å². The van der Waals surface area contributed by atoms with Gasteiger partial charge in [0.05, 0.1) is 7.11 Å². The van der Waals surface area contributed by atoms with Gasteiger partial charge in [-0.25, -0.2) is 0 Å². The van der Waals surface area contributed by atoms with Crippen LogP contribution >= 0.6 is 0 Å². The minimum atomic E-state index is 0.325. The summed E-state index contributed by atoms with van der Waals surface area (Å²) in [5.74, 6) is 1.51. The number of ether oxygens (including phenoxy) is 1. The van der Waals surface area contributed by atoms with Gasteiger partial charge in [0.25, 0.3) is 0 Å². The Kier molecular flexibility index (Phi) is 6.16. The van der Waals surface area contributed by atoms with Gasteiger partial charge in [0.2, 0.25) is 0 Å². The first-order chi connectivity index (χ1) is 8.63. The first-order valence-electron chi connectivity index (χ1n) is 6.63. The predicted octanol–water partition coefficient (Wildman–Crippen LogP) is 2.69. The molecule has 3 heteroatoms. The van der Waals surface area contributed by atoms with Crippen LogP contribution in [0.4, 0.5) is 0 Å². The van der Waals surface area contributed by atoms with E-state index in [0.29, 0.717) is 12.0 Å². The van der Waals surface area contributed by atoms with E-state index < -0.39 is 0 Å². The van der Waals surface area contributed by atoms with Crippen LogP contribution in [0.15, 0.2) is 18.2 Å². The number of hydrogen-bond donors (Lipinski definition) is 2. The summed E-state index contributed by atoms with van der Waals surface area (Å²) in [6, 6.07) is 6.82. The maximum absolute atomic E-state index is 5.48. The van der Waals surface area contributed by atoms with Gasteiger partial charge in [-0.3, -0.25) is 0 Å². The molecule has 0 bridgehead atoms. The second kappa shape index (κ2) is 7.39. The van der Waals surface area contributed by atoms with Crippen molar-refractivity contribution in [1.82, 2.24) is 10.6 Å². The molecule has 0 radical (unpaired) electrons. The molecular formula is C15H26N2O. The van der Waals surface area contributed by atoms with E-state index in [9.17, 15) is 0 Å². The average Bonchev–Trinajstić information content (AvgIpc) is 2.39. The molecule has 3 nitrogen and oxygen atoms in total. The van der Waals surface area contributed by atoms with E-state index in [1.807, 2.05) is 14.1 Å². The zero-order chi connectivity index (χ0) is 13.5. The Labute approximate surface area is 111 Å². The van der Waals surface area contributed by atoms with Crippen molar-refractivity contribution in [3.8, 4) is 5.75 Å². The molecule has 0 saturated heterocycles. The summed E-state index contributed by atoms with van der Waals surface area (Å²) in [7, 11) is 5.72. The smallest absolute Gasteiger partial charge is 0.123 e. The van der Waals surface area contributed by atoms with Crippen molar-refractivity contribution < 1.29 is 4.74 Å². The molecule has 1 aromatic carbocycles. The molecule has 1 atom stereocenters. The molecule has 102 valence electrons. The third-order valence-corrected chi connectivity index (χ3v) is 3.33. The molecule has 18 heavy (non-hydrogen) atoms. The monoisotopic (exact) mass is 250 g/mol. The van der Waals surface area contributed by atoms with E-state index in [2.05, 4.69) is 42.7 Å². The highest BCUT2D eigenvalue weighted by Gasteiger charge is 2.15. The second-order valence-electron chi connectivity index (χ2n) is 4.89. The quantitative estimate of drug-likeness (QED) is 0.780. The number of hydrogen-bond acceptors (Lipinski definition) is 3. The van der Waals surface area contributed by atoms with Crippen molar-refractivity contribution in [2.75, 3.05) is 27.7 Å². The fraction of sp³-hybridized carbons (Fsp3) is 0.600. The third kappa shape index (κ3) is 3.72. The zero-order valence-electron chi connectivity index (χ0n) is 12.2. The van der Waals surface area contributed by atoms with E-state index in [1.165, 1.54) is 11.1 Å². The summed E-state index contributed by atoms with van der Waals surface area (Å²) in [5.41, 5.74) is 2.61. The molecule has 1 unspecified atom stereocenters. The van der Waals surface area contributed by atoms with Crippen molar-refractivity contribution in [3.05, 3.63) is 29.3 Å². The molecule has 0 aliphatic rings. The molecule has 0 aliphatic heterocycles. The van der Waals surface area contributed by atoms with Crippen LogP contribution in [0.3, 0.4) is 0 Å². The lowest BCUT2D eigenvalue weighted by atomic mass is 9.95. The molecular weight excluding hydrogens is 224 g/mol. The summed E-state index contributed by atoms with van der Waals surface area (Å²) in [6.07, 6.45) is 1.05. The van der Waals surface area contributed by atoms with Crippen molar-refractivity contribution >= 4 is 0 Å².